The van der Waals surface area contributed by atoms with Gasteiger partial charge in [-0.3, -0.25) is 5.10 Å². The molecule has 0 aliphatic carbocycles. The number of fused-ring (bicyclic) bond motifs is 1. The van der Waals surface area contributed by atoms with Gasteiger partial charge < -0.3 is 10.5 Å². The molecule has 25 heavy (non-hydrogen) atoms. The molecule has 1 aromatic heterocycles. The zero-order valence-corrected chi connectivity index (χ0v) is 13.8. The molecule has 122 valence electrons. The van der Waals surface area contributed by atoms with Gasteiger partial charge in [-0.2, -0.15) is 5.26 Å². The van der Waals surface area contributed by atoms with Crippen LogP contribution in [0.15, 0.2) is 66.1 Å². The Morgan fingerprint density at radius 2 is 1.84 bits per heavy atom. The lowest BCUT2D eigenvalue weighted by molar-refractivity contribution is 0.379. The van der Waals surface area contributed by atoms with Crippen LogP contribution < -0.4 is 10.5 Å². The molecular formula is C19H13ClN4O. The second kappa shape index (κ2) is 6.00. The van der Waals surface area contributed by atoms with Crippen molar-refractivity contribution in [3.8, 4) is 23.2 Å². The molecule has 2 heterocycles. The van der Waals surface area contributed by atoms with Crippen LogP contribution in [0, 0.1) is 11.3 Å². The predicted molar refractivity (Wildman–Crippen MR) is 94.8 cm³/mol. The van der Waals surface area contributed by atoms with Gasteiger partial charge in [-0.15, -0.1) is 5.10 Å². The van der Waals surface area contributed by atoms with Gasteiger partial charge in [0, 0.05) is 10.6 Å². The van der Waals surface area contributed by atoms with E-state index in [-0.39, 0.29) is 11.8 Å². The average Bonchev–Trinajstić information content (AvgIpc) is 3.04. The first-order valence-electron chi connectivity index (χ1n) is 7.66. The van der Waals surface area contributed by atoms with Crippen LogP contribution >= 0.6 is 11.6 Å². The first kappa shape index (κ1) is 15.3. The van der Waals surface area contributed by atoms with Crippen LogP contribution in [0.3, 0.4) is 0 Å². The highest BCUT2D eigenvalue weighted by atomic mass is 35.5. The summed E-state index contributed by atoms with van der Waals surface area (Å²) in [5.74, 6) is 0.0568. The number of hydrogen-bond acceptors (Lipinski definition) is 4. The molecule has 1 aliphatic rings. The van der Waals surface area contributed by atoms with Crippen LogP contribution in [-0.2, 0) is 0 Å². The van der Waals surface area contributed by atoms with E-state index >= 15 is 0 Å². The van der Waals surface area contributed by atoms with Crippen molar-refractivity contribution in [1.29, 1.82) is 5.26 Å². The zero-order chi connectivity index (χ0) is 17.4. The fourth-order valence-corrected chi connectivity index (χ4v) is 3.32. The molecule has 0 saturated carbocycles. The maximum Gasteiger partial charge on any atom is 0.244 e. The Labute approximate surface area is 149 Å². The van der Waals surface area contributed by atoms with Crippen LogP contribution in [0.2, 0.25) is 5.02 Å². The largest absolute Gasteiger partial charge is 0.420 e. The Hall–Kier alpha value is -3.23. The number of hydrogen-bond donors (Lipinski definition) is 2. The minimum absolute atomic E-state index is 0.0704. The number of aromatic amines is 1. The van der Waals surface area contributed by atoms with E-state index in [1.807, 2.05) is 48.5 Å². The lowest BCUT2D eigenvalue weighted by Crippen LogP contribution is -2.20. The van der Waals surface area contributed by atoms with Crippen LogP contribution in [-0.4, -0.2) is 10.2 Å². The number of allylic oxidation sites excluding steroid dienone is 1. The molecule has 0 radical (unpaired) electrons. The first-order valence-corrected chi connectivity index (χ1v) is 8.04. The predicted octanol–water partition coefficient (Wildman–Crippen LogP) is 3.95. The van der Waals surface area contributed by atoms with E-state index in [1.54, 1.807) is 6.07 Å². The Kier molecular flexibility index (Phi) is 3.68. The van der Waals surface area contributed by atoms with Gasteiger partial charge in [-0.05, 0) is 11.6 Å². The van der Waals surface area contributed by atoms with Crippen molar-refractivity contribution in [3.05, 3.63) is 82.2 Å². The summed E-state index contributed by atoms with van der Waals surface area (Å²) < 4.78 is 5.58. The highest BCUT2D eigenvalue weighted by Gasteiger charge is 2.35. The highest BCUT2D eigenvalue weighted by Crippen LogP contribution is 2.46. The van der Waals surface area contributed by atoms with Gasteiger partial charge in [0.05, 0.1) is 17.2 Å². The third kappa shape index (κ3) is 2.44. The van der Waals surface area contributed by atoms with E-state index in [2.05, 4.69) is 16.3 Å². The van der Waals surface area contributed by atoms with Crippen LogP contribution in [0.5, 0.6) is 5.88 Å². The number of nitrogens with zero attached hydrogens (tertiary/aromatic N) is 2. The number of aromatic nitrogens is 2. The molecule has 3 N–H and O–H groups in total. The van der Waals surface area contributed by atoms with Crippen molar-refractivity contribution >= 4 is 11.6 Å². The number of nitriles is 1. The SMILES string of the molecule is N#CC1=C(N)Oc2n[nH]c(-c3ccccc3Cl)c2C1c1ccccc1. The van der Waals surface area contributed by atoms with Gasteiger partial charge in [0.1, 0.15) is 11.6 Å². The topological polar surface area (TPSA) is 87.7 Å². The molecule has 1 unspecified atom stereocenters. The summed E-state index contributed by atoms with van der Waals surface area (Å²) in [6.45, 7) is 0. The van der Waals surface area contributed by atoms with Crippen molar-refractivity contribution in [2.24, 2.45) is 5.73 Å². The number of rotatable bonds is 2. The van der Waals surface area contributed by atoms with E-state index in [0.717, 1.165) is 22.4 Å². The molecule has 1 atom stereocenters. The maximum atomic E-state index is 9.65. The second-order valence-corrected chi connectivity index (χ2v) is 6.04. The molecule has 2 aromatic carbocycles. The number of halogens is 1. The average molecular weight is 349 g/mol. The van der Waals surface area contributed by atoms with Crippen molar-refractivity contribution in [2.45, 2.75) is 5.92 Å². The van der Waals surface area contributed by atoms with Crippen molar-refractivity contribution < 1.29 is 4.74 Å². The summed E-state index contributed by atoms with van der Waals surface area (Å²) >= 11 is 6.36. The standard InChI is InChI=1S/C19H13ClN4O/c20-14-9-5-4-8-12(14)17-16-15(11-6-2-1-3-7-11)13(10-21)18(22)25-19(16)24-23-17/h1-9,15H,22H2,(H,23,24). The van der Waals surface area contributed by atoms with Crippen molar-refractivity contribution in [1.82, 2.24) is 10.2 Å². The smallest absolute Gasteiger partial charge is 0.244 e. The summed E-state index contributed by atoms with van der Waals surface area (Å²) in [5, 5.41) is 17.5. The monoisotopic (exact) mass is 348 g/mol. The first-order chi connectivity index (χ1) is 12.2. The summed E-state index contributed by atoms with van der Waals surface area (Å²) in [4.78, 5) is 0. The van der Waals surface area contributed by atoms with Crippen LogP contribution in [0.25, 0.3) is 11.3 Å². The number of nitrogens with two attached hydrogens (primary N) is 1. The molecule has 0 amide bonds. The molecule has 1 aliphatic heterocycles. The van der Waals surface area contributed by atoms with Gasteiger partial charge in [0.2, 0.25) is 11.8 Å². The Morgan fingerprint density at radius 3 is 2.56 bits per heavy atom. The van der Waals surface area contributed by atoms with E-state index in [4.69, 9.17) is 22.1 Å². The Balaban J connectivity index is 1.98. The van der Waals surface area contributed by atoms with Crippen molar-refractivity contribution in [2.75, 3.05) is 0 Å². The van der Waals surface area contributed by atoms with Gasteiger partial charge in [0.15, 0.2) is 0 Å². The van der Waals surface area contributed by atoms with Gasteiger partial charge in [-0.1, -0.05) is 60.1 Å². The quantitative estimate of drug-likeness (QED) is 0.734. The van der Waals surface area contributed by atoms with E-state index in [0.29, 0.717) is 16.5 Å². The molecular weight excluding hydrogens is 336 g/mol. The number of ether oxygens (including phenoxy) is 1. The van der Waals surface area contributed by atoms with Gasteiger partial charge >= 0.3 is 0 Å². The number of H-pyrrole nitrogens is 1. The fourth-order valence-electron chi connectivity index (χ4n) is 3.09. The van der Waals surface area contributed by atoms with E-state index in [1.165, 1.54) is 0 Å². The minimum atomic E-state index is -0.375. The van der Waals surface area contributed by atoms with E-state index < -0.39 is 0 Å². The second-order valence-electron chi connectivity index (χ2n) is 5.63. The normalized spacial score (nSPS) is 16.1. The lowest BCUT2D eigenvalue weighted by atomic mass is 9.83. The van der Waals surface area contributed by atoms with Crippen LogP contribution in [0.4, 0.5) is 0 Å². The third-order valence-corrected chi connectivity index (χ3v) is 4.54. The summed E-state index contributed by atoms with van der Waals surface area (Å²) in [6, 6.07) is 19.3. The fraction of sp³-hybridized carbons (Fsp3) is 0.0526. The molecule has 0 bridgehead atoms. The molecule has 5 nitrogen and oxygen atoms in total. The molecule has 0 spiro atoms. The maximum absolute atomic E-state index is 9.65. The number of nitrogens with one attached hydrogen (secondary N) is 1. The van der Waals surface area contributed by atoms with Crippen molar-refractivity contribution in [3.63, 3.8) is 0 Å². The lowest BCUT2D eigenvalue weighted by Gasteiger charge is -2.24. The van der Waals surface area contributed by atoms with Gasteiger partial charge in [-0.25, -0.2) is 0 Å². The molecule has 3 aromatic rings. The molecule has 6 heteroatoms. The molecule has 0 saturated heterocycles. The summed E-state index contributed by atoms with van der Waals surface area (Å²) in [5.41, 5.74) is 9.52. The zero-order valence-electron chi connectivity index (χ0n) is 13.0. The third-order valence-electron chi connectivity index (χ3n) is 4.21. The Morgan fingerprint density at radius 1 is 1.12 bits per heavy atom. The Bertz CT molecular complexity index is 1020. The molecule has 4 rings (SSSR count). The van der Waals surface area contributed by atoms with Crippen LogP contribution in [0.1, 0.15) is 17.0 Å². The summed E-state index contributed by atoms with van der Waals surface area (Å²) in [6.07, 6.45) is 0. The highest BCUT2D eigenvalue weighted by molar-refractivity contribution is 6.33. The number of benzene rings is 2. The van der Waals surface area contributed by atoms with E-state index in [9.17, 15) is 5.26 Å². The molecule has 0 fully saturated rings. The minimum Gasteiger partial charge on any atom is -0.420 e. The summed E-state index contributed by atoms with van der Waals surface area (Å²) in [7, 11) is 0. The van der Waals surface area contributed by atoms with Gasteiger partial charge in [0.25, 0.3) is 0 Å².